The van der Waals surface area contributed by atoms with E-state index >= 15 is 0 Å². The van der Waals surface area contributed by atoms with Crippen LogP contribution < -0.4 is 11.1 Å². The maximum atomic E-state index is 13.0. The Balaban J connectivity index is 3.21. The molecule has 7 heteroatoms. The molecule has 3 N–H and O–H groups in total. The lowest BCUT2D eigenvalue weighted by molar-refractivity contribution is -0.137. The average Bonchev–Trinajstić information content (AvgIpc) is 2.23. The van der Waals surface area contributed by atoms with Gasteiger partial charge in [-0.25, -0.2) is 8.78 Å². The van der Waals surface area contributed by atoms with Crippen LogP contribution in [0.4, 0.5) is 27.6 Å². The summed E-state index contributed by atoms with van der Waals surface area (Å²) in [7, 11) is 0. The van der Waals surface area contributed by atoms with Gasteiger partial charge in [-0.15, -0.1) is 0 Å². The highest BCUT2D eigenvalue weighted by Crippen LogP contribution is 2.38. The lowest BCUT2D eigenvalue weighted by Gasteiger charge is -2.18. The molecule has 0 radical (unpaired) electrons. The fourth-order valence-corrected chi connectivity index (χ4v) is 1.41. The molecule has 0 unspecified atom stereocenters. The Morgan fingerprint density at radius 1 is 1.17 bits per heavy atom. The SMILES string of the molecule is CC(F)(F)c1ccc(NCCN)c(C(F)(F)F)c1. The maximum absolute atomic E-state index is 13.0. The normalized spacial score (nSPS) is 12.6. The molecule has 0 atom stereocenters. The van der Waals surface area contributed by atoms with E-state index in [4.69, 9.17) is 5.73 Å². The van der Waals surface area contributed by atoms with E-state index in [0.29, 0.717) is 13.0 Å². The number of nitrogens with two attached hydrogens (primary N) is 1. The molecule has 0 saturated carbocycles. The molecule has 18 heavy (non-hydrogen) atoms. The largest absolute Gasteiger partial charge is 0.418 e. The summed E-state index contributed by atoms with van der Waals surface area (Å²) < 4.78 is 64.2. The van der Waals surface area contributed by atoms with Crippen LogP contribution in [0.3, 0.4) is 0 Å². The molecule has 0 aliphatic rings. The molecule has 0 spiro atoms. The molecular weight excluding hydrogens is 255 g/mol. The standard InChI is InChI=1S/C11H13F5N2/c1-10(12,13)7-2-3-9(18-5-4-17)8(6-7)11(14,15)16/h2-3,6,18H,4-5,17H2,1H3. The third-order valence-electron chi connectivity index (χ3n) is 2.29. The summed E-state index contributed by atoms with van der Waals surface area (Å²) in [5, 5.41) is 2.46. The molecule has 102 valence electrons. The number of nitrogens with one attached hydrogen (secondary N) is 1. The van der Waals surface area contributed by atoms with Gasteiger partial charge in [-0.2, -0.15) is 13.2 Å². The van der Waals surface area contributed by atoms with Crippen LogP contribution in [-0.2, 0) is 12.1 Å². The second kappa shape index (κ2) is 5.09. The number of hydrogen-bond acceptors (Lipinski definition) is 2. The Morgan fingerprint density at radius 3 is 2.22 bits per heavy atom. The van der Waals surface area contributed by atoms with Crippen LogP contribution in [0.2, 0.25) is 0 Å². The third-order valence-corrected chi connectivity index (χ3v) is 2.29. The Hall–Kier alpha value is -1.37. The number of rotatable bonds is 4. The molecular formula is C11H13F5N2. The predicted molar refractivity (Wildman–Crippen MR) is 58.6 cm³/mol. The predicted octanol–water partition coefficient (Wildman–Crippen LogP) is 3.19. The van der Waals surface area contributed by atoms with Crippen LogP contribution in [0.1, 0.15) is 18.1 Å². The molecule has 0 amide bonds. The van der Waals surface area contributed by atoms with E-state index in [1.807, 2.05) is 0 Å². The van der Waals surface area contributed by atoms with Crippen LogP contribution in [-0.4, -0.2) is 13.1 Å². The fourth-order valence-electron chi connectivity index (χ4n) is 1.41. The molecule has 1 aromatic carbocycles. The first-order valence-electron chi connectivity index (χ1n) is 5.19. The van der Waals surface area contributed by atoms with Crippen LogP contribution in [0.25, 0.3) is 0 Å². The fraction of sp³-hybridized carbons (Fsp3) is 0.455. The van der Waals surface area contributed by atoms with E-state index in [2.05, 4.69) is 5.32 Å². The average molecular weight is 268 g/mol. The van der Waals surface area contributed by atoms with Crippen molar-refractivity contribution in [1.29, 1.82) is 0 Å². The minimum Gasteiger partial charge on any atom is -0.383 e. The zero-order valence-electron chi connectivity index (χ0n) is 9.61. The first-order chi connectivity index (χ1) is 8.16. The molecule has 0 aromatic heterocycles. The topological polar surface area (TPSA) is 38.0 Å². The van der Waals surface area contributed by atoms with Gasteiger partial charge in [0.2, 0.25) is 0 Å². The van der Waals surface area contributed by atoms with Gasteiger partial charge in [0.15, 0.2) is 0 Å². The minimum atomic E-state index is -4.70. The third kappa shape index (κ3) is 3.56. The monoisotopic (exact) mass is 268 g/mol. The van der Waals surface area contributed by atoms with Crippen molar-refractivity contribution in [3.8, 4) is 0 Å². The van der Waals surface area contributed by atoms with Gasteiger partial charge in [-0.05, 0) is 12.1 Å². The van der Waals surface area contributed by atoms with E-state index in [1.54, 1.807) is 0 Å². The summed E-state index contributed by atoms with van der Waals surface area (Å²) >= 11 is 0. The number of hydrogen-bond donors (Lipinski definition) is 2. The highest BCUT2D eigenvalue weighted by atomic mass is 19.4. The van der Waals surface area contributed by atoms with Gasteiger partial charge in [0.05, 0.1) is 5.56 Å². The van der Waals surface area contributed by atoms with Crippen LogP contribution >= 0.6 is 0 Å². The lowest BCUT2D eigenvalue weighted by Crippen LogP contribution is -2.18. The molecule has 0 heterocycles. The van der Waals surface area contributed by atoms with E-state index in [1.165, 1.54) is 0 Å². The number of benzene rings is 1. The van der Waals surface area contributed by atoms with Crippen LogP contribution in [0, 0.1) is 0 Å². The highest BCUT2D eigenvalue weighted by molar-refractivity contribution is 5.54. The number of halogens is 5. The van der Waals surface area contributed by atoms with Crippen molar-refractivity contribution in [2.75, 3.05) is 18.4 Å². The summed E-state index contributed by atoms with van der Waals surface area (Å²) in [6, 6.07) is 2.41. The van der Waals surface area contributed by atoms with Crippen molar-refractivity contribution in [2.24, 2.45) is 5.73 Å². The zero-order valence-corrected chi connectivity index (χ0v) is 9.61. The van der Waals surface area contributed by atoms with Gasteiger partial charge >= 0.3 is 6.18 Å². The van der Waals surface area contributed by atoms with Gasteiger partial charge in [0, 0.05) is 31.3 Å². The Labute approximate surface area is 101 Å². The van der Waals surface area contributed by atoms with Gasteiger partial charge < -0.3 is 11.1 Å². The maximum Gasteiger partial charge on any atom is 0.418 e. The van der Waals surface area contributed by atoms with Crippen molar-refractivity contribution < 1.29 is 22.0 Å². The van der Waals surface area contributed by atoms with E-state index in [-0.39, 0.29) is 18.8 Å². The smallest absolute Gasteiger partial charge is 0.383 e. The van der Waals surface area contributed by atoms with E-state index in [9.17, 15) is 22.0 Å². The quantitative estimate of drug-likeness (QED) is 0.823. The Kier molecular flexibility index (Phi) is 4.16. The Bertz CT molecular complexity index is 409. The van der Waals surface area contributed by atoms with Crippen molar-refractivity contribution in [3.63, 3.8) is 0 Å². The minimum absolute atomic E-state index is 0.130. The molecule has 0 bridgehead atoms. The molecule has 0 saturated heterocycles. The van der Waals surface area contributed by atoms with Crippen LogP contribution in [0.5, 0.6) is 0 Å². The van der Waals surface area contributed by atoms with Gasteiger partial charge in [0.25, 0.3) is 5.92 Å². The second-order valence-electron chi connectivity index (χ2n) is 3.86. The van der Waals surface area contributed by atoms with Crippen molar-refractivity contribution in [2.45, 2.75) is 19.0 Å². The molecule has 1 rings (SSSR count). The number of anilines is 1. The summed E-state index contributed by atoms with van der Waals surface area (Å²) in [4.78, 5) is 0. The van der Waals surface area contributed by atoms with E-state index < -0.39 is 23.2 Å². The number of alkyl halides is 5. The first-order valence-corrected chi connectivity index (χ1v) is 5.19. The zero-order chi connectivity index (χ0) is 14.0. The van der Waals surface area contributed by atoms with Gasteiger partial charge in [-0.1, -0.05) is 6.07 Å². The summed E-state index contributed by atoms with van der Waals surface area (Å²) in [5.74, 6) is -3.31. The van der Waals surface area contributed by atoms with Gasteiger partial charge in [-0.3, -0.25) is 0 Å². The van der Waals surface area contributed by atoms with Crippen molar-refractivity contribution in [1.82, 2.24) is 0 Å². The summed E-state index contributed by atoms with van der Waals surface area (Å²) in [5.41, 5.74) is 3.13. The molecule has 0 aliphatic heterocycles. The summed E-state index contributed by atoms with van der Waals surface area (Å²) in [6.07, 6.45) is -4.70. The van der Waals surface area contributed by atoms with E-state index in [0.717, 1.165) is 12.1 Å². The van der Waals surface area contributed by atoms with Crippen molar-refractivity contribution in [3.05, 3.63) is 29.3 Å². The van der Waals surface area contributed by atoms with Crippen molar-refractivity contribution >= 4 is 5.69 Å². The summed E-state index contributed by atoms with van der Waals surface area (Å²) in [6.45, 7) is 0.823. The molecule has 2 nitrogen and oxygen atoms in total. The molecule has 0 fully saturated rings. The lowest BCUT2D eigenvalue weighted by atomic mass is 10.0. The van der Waals surface area contributed by atoms with Gasteiger partial charge in [0.1, 0.15) is 0 Å². The Morgan fingerprint density at radius 2 is 1.78 bits per heavy atom. The first kappa shape index (κ1) is 14.7. The molecule has 0 aliphatic carbocycles. The second-order valence-corrected chi connectivity index (χ2v) is 3.86. The van der Waals surface area contributed by atoms with Crippen LogP contribution in [0.15, 0.2) is 18.2 Å². The molecule has 1 aromatic rings. The highest BCUT2D eigenvalue weighted by Gasteiger charge is 2.36.